The second-order valence-electron chi connectivity index (χ2n) is 14.5. The maximum Gasteiger partial charge on any atom is 0.00454 e. The lowest BCUT2D eigenvalue weighted by atomic mass is 9.75. The van der Waals surface area contributed by atoms with E-state index < -0.39 is 0 Å². The van der Waals surface area contributed by atoms with Crippen molar-refractivity contribution in [3.63, 3.8) is 0 Å². The summed E-state index contributed by atoms with van der Waals surface area (Å²) in [6, 6.07) is 12.0. The molecule has 0 aliphatic heterocycles. The highest BCUT2D eigenvalue weighted by molar-refractivity contribution is 5.80. The molecule has 5 aliphatic carbocycles. The number of hydrogen-bond donors (Lipinski definition) is 0. The van der Waals surface area contributed by atoms with E-state index >= 15 is 0 Å². The summed E-state index contributed by atoms with van der Waals surface area (Å²) in [5.74, 6) is 5.59. The second-order valence-corrected chi connectivity index (χ2v) is 14.5. The summed E-state index contributed by atoms with van der Waals surface area (Å²) < 4.78 is 0. The van der Waals surface area contributed by atoms with E-state index in [1.54, 1.807) is 16.7 Å². The van der Waals surface area contributed by atoms with Gasteiger partial charge in [-0.2, -0.15) is 0 Å². The van der Waals surface area contributed by atoms with Gasteiger partial charge in [0, 0.05) is 5.92 Å². The maximum atomic E-state index is 4.58. The van der Waals surface area contributed by atoms with Gasteiger partial charge in [0.05, 0.1) is 0 Å². The summed E-state index contributed by atoms with van der Waals surface area (Å²) in [4.78, 5) is 0. The van der Waals surface area contributed by atoms with Gasteiger partial charge in [-0.15, -0.1) is 0 Å². The lowest BCUT2D eigenvalue weighted by molar-refractivity contribution is 0.231. The van der Waals surface area contributed by atoms with Crippen LogP contribution >= 0.6 is 0 Å². The van der Waals surface area contributed by atoms with Crippen LogP contribution in [0.25, 0.3) is 17.2 Å². The lowest BCUT2D eigenvalue weighted by Gasteiger charge is -2.30. The normalized spacial score (nSPS) is 34.0. The Kier molecular flexibility index (Phi) is 5.57. The van der Waals surface area contributed by atoms with Crippen molar-refractivity contribution < 1.29 is 0 Å². The summed E-state index contributed by atoms with van der Waals surface area (Å²) in [7, 11) is 0. The van der Waals surface area contributed by atoms with Gasteiger partial charge >= 0.3 is 0 Å². The van der Waals surface area contributed by atoms with Crippen molar-refractivity contribution in [2.75, 3.05) is 0 Å². The molecule has 0 spiro atoms. The second kappa shape index (κ2) is 8.58. The van der Waals surface area contributed by atoms with E-state index in [0.29, 0.717) is 23.2 Å². The fourth-order valence-electron chi connectivity index (χ4n) is 10.2. The van der Waals surface area contributed by atoms with Crippen molar-refractivity contribution in [2.24, 2.45) is 46.8 Å². The number of allylic oxidation sites excluding steroid dienone is 3. The zero-order chi connectivity index (χ0) is 26.5. The number of fused-ring (bicyclic) bond motifs is 4. The van der Waals surface area contributed by atoms with Crippen molar-refractivity contribution in [1.82, 2.24) is 0 Å². The first kappa shape index (κ1) is 24.7. The summed E-state index contributed by atoms with van der Waals surface area (Å²) in [6.07, 6.45) is 11.8. The van der Waals surface area contributed by atoms with Crippen LogP contribution < -0.4 is 0 Å². The fraction of sp³-hybridized carbons (Fsp3) is 0.526. The van der Waals surface area contributed by atoms with Gasteiger partial charge in [0.15, 0.2) is 0 Å². The first-order valence-electron chi connectivity index (χ1n) is 15.5. The molecule has 5 aliphatic rings. The number of benzene rings is 2. The molecule has 0 radical (unpaired) electrons. The molecule has 2 aromatic carbocycles. The molecule has 2 bridgehead atoms. The molecule has 0 N–H and O–H groups in total. The Labute approximate surface area is 231 Å². The molecular formula is C38H46. The summed E-state index contributed by atoms with van der Waals surface area (Å²) in [5, 5.41) is 0. The minimum Gasteiger partial charge on any atom is -0.0989 e. The van der Waals surface area contributed by atoms with E-state index in [9.17, 15) is 0 Å². The molecule has 4 fully saturated rings. The average molecular weight is 503 g/mol. The average Bonchev–Trinajstić information content (AvgIpc) is 3.39. The fourth-order valence-corrected chi connectivity index (χ4v) is 10.2. The van der Waals surface area contributed by atoms with Crippen molar-refractivity contribution in [3.05, 3.63) is 88.0 Å². The molecule has 2 aromatic rings. The highest BCUT2D eigenvalue weighted by atomic mass is 14.7. The SMILES string of the molecule is C=C1C(CC2=Cc3cccc(-c4cc(C)cc(C)c4C[C@@H]4C[C@H]5CC(CC)[C@@H]4C5)c3C2)C(=C)C2C1C2(C)C. The molecular weight excluding hydrogens is 456 g/mol. The van der Waals surface area contributed by atoms with Crippen LogP contribution in [0.4, 0.5) is 0 Å². The van der Waals surface area contributed by atoms with Gasteiger partial charge in [0.2, 0.25) is 0 Å². The molecule has 6 atom stereocenters. The van der Waals surface area contributed by atoms with Crippen LogP contribution in [0, 0.1) is 60.7 Å². The van der Waals surface area contributed by atoms with Crippen LogP contribution in [-0.4, -0.2) is 0 Å². The topological polar surface area (TPSA) is 0 Å². The quantitative estimate of drug-likeness (QED) is 0.345. The van der Waals surface area contributed by atoms with E-state index in [4.69, 9.17) is 0 Å². The predicted octanol–water partition coefficient (Wildman–Crippen LogP) is 9.93. The van der Waals surface area contributed by atoms with Gasteiger partial charge in [-0.3, -0.25) is 0 Å². The molecule has 198 valence electrons. The van der Waals surface area contributed by atoms with E-state index in [1.165, 1.54) is 71.1 Å². The van der Waals surface area contributed by atoms with Gasteiger partial charge < -0.3 is 0 Å². The molecule has 0 heterocycles. The smallest absolute Gasteiger partial charge is 0.00454 e. The van der Waals surface area contributed by atoms with Crippen molar-refractivity contribution in [2.45, 2.75) is 79.6 Å². The lowest BCUT2D eigenvalue weighted by Crippen LogP contribution is -2.22. The summed E-state index contributed by atoms with van der Waals surface area (Å²) >= 11 is 0. The standard InChI is InChI=1S/C38H46/c1-8-27-14-25-16-29(33(27)18-25)20-31-22(3)12-21(2)13-35(31)30-11-9-10-28-15-26(19-34(28)30)17-32-23(4)36-37(24(32)5)38(36,6)7/h9-13,15,25,27,29,32-33,36-37H,4-5,8,14,16-20H2,1-3,6-7H3/t25-,27?,29+,32?,33+,36?,37?/m1/s1. The molecule has 38 heavy (non-hydrogen) atoms. The highest BCUT2D eigenvalue weighted by Crippen LogP contribution is 2.72. The van der Waals surface area contributed by atoms with Crippen LogP contribution in [0.3, 0.4) is 0 Å². The zero-order valence-corrected chi connectivity index (χ0v) is 24.4. The van der Waals surface area contributed by atoms with Crippen LogP contribution in [0.2, 0.25) is 0 Å². The first-order chi connectivity index (χ1) is 18.2. The number of aryl methyl sites for hydroxylation is 2. The van der Waals surface area contributed by atoms with Gasteiger partial charge in [0.1, 0.15) is 0 Å². The molecule has 0 nitrogen and oxygen atoms in total. The Bertz CT molecular complexity index is 1350. The van der Waals surface area contributed by atoms with Crippen molar-refractivity contribution in [1.29, 1.82) is 0 Å². The minimum absolute atomic E-state index is 0.389. The molecule has 0 saturated heterocycles. The Balaban J connectivity index is 1.17. The van der Waals surface area contributed by atoms with E-state index in [-0.39, 0.29) is 0 Å². The summed E-state index contributed by atoms with van der Waals surface area (Å²) in [5.41, 5.74) is 15.4. The van der Waals surface area contributed by atoms with Crippen molar-refractivity contribution >= 4 is 6.08 Å². The Hall–Kier alpha value is -2.34. The third-order valence-electron chi connectivity index (χ3n) is 12.0. The van der Waals surface area contributed by atoms with Gasteiger partial charge in [-0.25, -0.2) is 0 Å². The van der Waals surface area contributed by atoms with Crippen LogP contribution in [0.15, 0.2) is 60.2 Å². The van der Waals surface area contributed by atoms with Crippen LogP contribution in [0.5, 0.6) is 0 Å². The molecule has 4 saturated carbocycles. The highest BCUT2D eigenvalue weighted by Gasteiger charge is 2.65. The van der Waals surface area contributed by atoms with E-state index in [0.717, 1.165) is 36.5 Å². The number of rotatable bonds is 6. The summed E-state index contributed by atoms with van der Waals surface area (Å²) in [6.45, 7) is 21.0. The predicted molar refractivity (Wildman–Crippen MR) is 162 cm³/mol. The molecule has 3 unspecified atom stereocenters. The third-order valence-corrected chi connectivity index (χ3v) is 12.0. The largest absolute Gasteiger partial charge is 0.0989 e. The van der Waals surface area contributed by atoms with E-state index in [1.807, 2.05) is 0 Å². The van der Waals surface area contributed by atoms with Gasteiger partial charge in [-0.1, -0.05) is 99.0 Å². The molecule has 0 heteroatoms. The molecule has 0 amide bonds. The number of hydrogen-bond acceptors (Lipinski definition) is 0. The minimum atomic E-state index is 0.389. The molecule has 7 rings (SSSR count). The van der Waals surface area contributed by atoms with Crippen molar-refractivity contribution in [3.8, 4) is 11.1 Å². The van der Waals surface area contributed by atoms with Gasteiger partial charge in [-0.05, 0) is 127 Å². The zero-order valence-electron chi connectivity index (χ0n) is 24.4. The molecule has 0 aromatic heterocycles. The first-order valence-corrected chi connectivity index (χ1v) is 15.5. The third kappa shape index (κ3) is 3.61. The van der Waals surface area contributed by atoms with Crippen LogP contribution in [0.1, 0.15) is 80.7 Å². The maximum absolute atomic E-state index is 4.58. The Morgan fingerprint density at radius 1 is 0.895 bits per heavy atom. The Morgan fingerprint density at radius 3 is 2.34 bits per heavy atom. The van der Waals surface area contributed by atoms with E-state index in [2.05, 4.69) is 84.2 Å². The Morgan fingerprint density at radius 2 is 1.63 bits per heavy atom. The van der Waals surface area contributed by atoms with Gasteiger partial charge in [0.25, 0.3) is 0 Å². The van der Waals surface area contributed by atoms with Crippen LogP contribution in [-0.2, 0) is 12.8 Å². The monoisotopic (exact) mass is 502 g/mol.